The highest BCUT2D eigenvalue weighted by Crippen LogP contribution is 2.12. The van der Waals surface area contributed by atoms with Gasteiger partial charge in [-0.25, -0.2) is 0 Å². The maximum atomic E-state index is 10.6. The minimum absolute atomic E-state index is 0.106. The van der Waals surface area contributed by atoms with Gasteiger partial charge in [0.2, 0.25) is 0 Å². The van der Waals surface area contributed by atoms with E-state index in [1.54, 1.807) is 6.08 Å². The Morgan fingerprint density at radius 3 is 2.68 bits per heavy atom. The number of carbonyl (C=O) groups is 1. The van der Waals surface area contributed by atoms with Gasteiger partial charge in [-0.2, -0.15) is 0 Å². The molecule has 0 aliphatic rings. The maximum absolute atomic E-state index is 10.6. The Bertz CT molecular complexity index is 497. The molecule has 0 aliphatic carbocycles. The van der Waals surface area contributed by atoms with Crippen molar-refractivity contribution in [3.63, 3.8) is 0 Å². The first-order valence-corrected chi connectivity index (χ1v) is 7.28. The van der Waals surface area contributed by atoms with Crippen LogP contribution in [-0.4, -0.2) is 38.1 Å². The molecule has 0 heterocycles. The van der Waals surface area contributed by atoms with Gasteiger partial charge in [0.15, 0.2) is 12.6 Å². The van der Waals surface area contributed by atoms with Gasteiger partial charge in [0.1, 0.15) is 5.75 Å². The van der Waals surface area contributed by atoms with Gasteiger partial charge in [-0.15, -0.1) is 6.58 Å². The molecule has 6 nitrogen and oxygen atoms in total. The van der Waals surface area contributed by atoms with Crippen LogP contribution in [0.4, 0.5) is 0 Å². The van der Waals surface area contributed by atoms with Crippen molar-refractivity contribution in [1.29, 1.82) is 0 Å². The number of nitrogens with zero attached hydrogens (tertiary/aromatic N) is 1. The van der Waals surface area contributed by atoms with Crippen molar-refractivity contribution < 1.29 is 9.53 Å². The van der Waals surface area contributed by atoms with Crippen molar-refractivity contribution in [3.05, 3.63) is 42.5 Å². The number of ether oxygens (including phenoxy) is 1. The molecule has 0 spiro atoms. The predicted octanol–water partition coefficient (Wildman–Crippen LogP) is 0.834. The van der Waals surface area contributed by atoms with Crippen molar-refractivity contribution in [1.82, 2.24) is 10.6 Å². The Kier molecular flexibility index (Phi) is 8.18. The lowest BCUT2D eigenvalue weighted by Crippen LogP contribution is -2.37. The van der Waals surface area contributed by atoms with E-state index in [0.717, 1.165) is 24.5 Å². The summed E-state index contributed by atoms with van der Waals surface area (Å²) in [5.41, 5.74) is 6.17. The van der Waals surface area contributed by atoms with E-state index in [2.05, 4.69) is 22.2 Å². The van der Waals surface area contributed by atoms with E-state index in [4.69, 9.17) is 10.5 Å². The predicted molar refractivity (Wildman–Crippen MR) is 89.0 cm³/mol. The summed E-state index contributed by atoms with van der Waals surface area (Å²) in [5.74, 6) is 0.928. The van der Waals surface area contributed by atoms with Gasteiger partial charge < -0.3 is 21.1 Å². The number of guanidine groups is 1. The number of nitrogens with one attached hydrogen (secondary N) is 2. The second-order valence-corrected chi connectivity index (χ2v) is 4.58. The maximum Gasteiger partial charge on any atom is 0.255 e. The second-order valence-electron chi connectivity index (χ2n) is 4.58. The quantitative estimate of drug-likeness (QED) is 0.358. The Labute approximate surface area is 131 Å². The highest BCUT2D eigenvalue weighted by molar-refractivity contribution is 5.79. The van der Waals surface area contributed by atoms with Crippen molar-refractivity contribution in [2.75, 3.05) is 26.2 Å². The number of primary amides is 1. The lowest BCUT2D eigenvalue weighted by molar-refractivity contribution is -0.119. The molecule has 0 saturated heterocycles. The second kappa shape index (κ2) is 10.3. The number of hydrogen-bond donors (Lipinski definition) is 3. The number of hydrogen-bond acceptors (Lipinski definition) is 3. The smallest absolute Gasteiger partial charge is 0.255 e. The average molecular weight is 304 g/mol. The third-order valence-electron chi connectivity index (χ3n) is 2.73. The fourth-order valence-corrected chi connectivity index (χ4v) is 1.71. The zero-order valence-electron chi connectivity index (χ0n) is 13.0. The van der Waals surface area contributed by atoms with E-state index >= 15 is 0 Å². The molecule has 1 aromatic carbocycles. The van der Waals surface area contributed by atoms with Gasteiger partial charge in [0, 0.05) is 19.6 Å². The zero-order valence-corrected chi connectivity index (χ0v) is 13.0. The summed E-state index contributed by atoms with van der Waals surface area (Å²) in [6.45, 7) is 7.75. The average Bonchev–Trinajstić information content (AvgIpc) is 2.51. The Hall–Kier alpha value is -2.50. The molecule has 0 atom stereocenters. The summed E-state index contributed by atoms with van der Waals surface area (Å²) in [6, 6.07) is 7.55. The van der Waals surface area contributed by atoms with Crippen molar-refractivity contribution >= 4 is 11.9 Å². The lowest BCUT2D eigenvalue weighted by Gasteiger charge is -2.09. The van der Waals surface area contributed by atoms with E-state index in [1.807, 2.05) is 31.2 Å². The molecule has 0 aliphatic heterocycles. The van der Waals surface area contributed by atoms with Crippen LogP contribution in [0.2, 0.25) is 0 Å². The minimum atomic E-state index is -0.485. The summed E-state index contributed by atoms with van der Waals surface area (Å²) in [6.07, 6.45) is 2.61. The van der Waals surface area contributed by atoms with Gasteiger partial charge in [0.05, 0.1) is 0 Å². The fourth-order valence-electron chi connectivity index (χ4n) is 1.71. The lowest BCUT2D eigenvalue weighted by atomic mass is 10.1. The third kappa shape index (κ3) is 7.33. The molecule has 0 fully saturated rings. The van der Waals surface area contributed by atoms with Gasteiger partial charge in [-0.3, -0.25) is 9.79 Å². The highest BCUT2D eigenvalue weighted by atomic mass is 16.5. The molecule has 0 saturated carbocycles. The summed E-state index contributed by atoms with van der Waals surface area (Å²) in [4.78, 5) is 15.1. The summed E-state index contributed by atoms with van der Waals surface area (Å²) in [5, 5.41) is 6.32. The normalized spacial score (nSPS) is 10.9. The SMILES string of the molecule is C=CCNC(=NCCc1ccc(OCC(N)=O)cc1)NCC. The van der Waals surface area contributed by atoms with E-state index in [-0.39, 0.29) is 6.61 Å². The fraction of sp³-hybridized carbons (Fsp3) is 0.375. The number of carbonyl (C=O) groups excluding carboxylic acids is 1. The molecule has 0 bridgehead atoms. The Morgan fingerprint density at radius 1 is 1.36 bits per heavy atom. The first kappa shape index (κ1) is 17.6. The van der Waals surface area contributed by atoms with Crippen LogP contribution in [0.5, 0.6) is 5.75 Å². The van der Waals surface area contributed by atoms with E-state index in [0.29, 0.717) is 18.8 Å². The topological polar surface area (TPSA) is 88.7 Å². The largest absolute Gasteiger partial charge is 0.484 e. The molecule has 1 aromatic rings. The van der Waals surface area contributed by atoms with E-state index < -0.39 is 5.91 Å². The van der Waals surface area contributed by atoms with Crippen molar-refractivity contribution in [3.8, 4) is 5.75 Å². The zero-order chi connectivity index (χ0) is 16.2. The number of amides is 1. The van der Waals surface area contributed by atoms with Gasteiger partial charge >= 0.3 is 0 Å². The molecule has 6 heteroatoms. The Morgan fingerprint density at radius 2 is 2.09 bits per heavy atom. The molecule has 0 unspecified atom stereocenters. The number of nitrogens with two attached hydrogens (primary N) is 1. The van der Waals surface area contributed by atoms with Crippen LogP contribution in [0.1, 0.15) is 12.5 Å². The summed E-state index contributed by atoms with van der Waals surface area (Å²) >= 11 is 0. The number of rotatable bonds is 9. The standard InChI is InChI=1S/C16H24N4O2/c1-3-10-19-16(18-4-2)20-11-9-13-5-7-14(8-6-13)22-12-15(17)21/h3,5-8H,1,4,9-12H2,2H3,(H2,17,21)(H2,18,19,20). The van der Waals surface area contributed by atoms with Crippen LogP contribution >= 0.6 is 0 Å². The molecule has 1 amide bonds. The highest BCUT2D eigenvalue weighted by Gasteiger charge is 1.99. The van der Waals surface area contributed by atoms with E-state index in [9.17, 15) is 4.79 Å². The van der Waals surface area contributed by atoms with Crippen molar-refractivity contribution in [2.45, 2.75) is 13.3 Å². The van der Waals surface area contributed by atoms with Gasteiger partial charge in [-0.05, 0) is 31.0 Å². The van der Waals surface area contributed by atoms with Crippen LogP contribution in [0.15, 0.2) is 41.9 Å². The third-order valence-corrected chi connectivity index (χ3v) is 2.73. The first-order chi connectivity index (χ1) is 10.7. The minimum Gasteiger partial charge on any atom is -0.484 e. The summed E-state index contributed by atoms with van der Waals surface area (Å²) in [7, 11) is 0. The molecule has 1 rings (SSSR count). The molecule has 0 aromatic heterocycles. The molecular weight excluding hydrogens is 280 g/mol. The van der Waals surface area contributed by atoms with Crippen LogP contribution in [0, 0.1) is 0 Å². The molecule has 4 N–H and O–H groups in total. The molecule has 0 radical (unpaired) electrons. The molecular formula is C16H24N4O2. The number of aliphatic imine (C=N–C) groups is 1. The van der Waals surface area contributed by atoms with Crippen LogP contribution in [0.3, 0.4) is 0 Å². The molecule has 120 valence electrons. The first-order valence-electron chi connectivity index (χ1n) is 7.28. The summed E-state index contributed by atoms with van der Waals surface area (Å²) < 4.78 is 5.21. The van der Waals surface area contributed by atoms with Crippen LogP contribution < -0.4 is 21.1 Å². The van der Waals surface area contributed by atoms with Gasteiger partial charge in [0.25, 0.3) is 5.91 Å². The number of benzene rings is 1. The Balaban J connectivity index is 2.45. The van der Waals surface area contributed by atoms with E-state index in [1.165, 1.54) is 0 Å². The van der Waals surface area contributed by atoms with Crippen molar-refractivity contribution in [2.24, 2.45) is 10.7 Å². The van der Waals surface area contributed by atoms with Crippen LogP contribution in [0.25, 0.3) is 0 Å². The molecule has 22 heavy (non-hydrogen) atoms. The van der Waals surface area contributed by atoms with Gasteiger partial charge in [-0.1, -0.05) is 18.2 Å². The monoisotopic (exact) mass is 304 g/mol. The van der Waals surface area contributed by atoms with Crippen LogP contribution in [-0.2, 0) is 11.2 Å².